The maximum atomic E-state index is 13.3. The van der Waals surface area contributed by atoms with E-state index in [0.717, 1.165) is 5.39 Å². The topological polar surface area (TPSA) is 20.2 Å². The smallest absolute Gasteiger partial charge is 0.139 e. The van der Waals surface area contributed by atoms with Crippen LogP contribution in [-0.4, -0.2) is 5.11 Å². The summed E-state index contributed by atoms with van der Waals surface area (Å²) in [6, 6.07) is 6.20. The van der Waals surface area contributed by atoms with E-state index in [1.54, 1.807) is 25.1 Å². The number of fused-ring (bicyclic) bond motifs is 1. The van der Waals surface area contributed by atoms with Gasteiger partial charge in [-0.1, -0.05) is 19.4 Å². The van der Waals surface area contributed by atoms with Crippen molar-refractivity contribution in [2.75, 3.05) is 0 Å². The van der Waals surface area contributed by atoms with Gasteiger partial charge in [0.15, 0.2) is 0 Å². The van der Waals surface area contributed by atoms with Crippen molar-refractivity contribution in [3.8, 4) is 18.1 Å². The Kier molecular flexibility index (Phi) is 3.20. The highest BCUT2D eigenvalue weighted by atomic mass is 19.1. The van der Waals surface area contributed by atoms with E-state index in [4.69, 9.17) is 6.42 Å². The molecule has 0 aromatic heterocycles. The maximum Gasteiger partial charge on any atom is 0.139 e. The molecular weight excluding hydrogens is 203 g/mol. The number of aryl methyl sites for hydroxylation is 1. The van der Waals surface area contributed by atoms with Crippen LogP contribution in [0.1, 0.15) is 18.6 Å². The molecule has 0 aliphatic heterocycles. The first-order valence-electron chi connectivity index (χ1n) is 4.52. The average Bonchev–Trinajstić information content (AvgIpc) is 2.21. The molecule has 0 heterocycles. The molecule has 0 atom stereocenters. The van der Waals surface area contributed by atoms with Crippen molar-refractivity contribution in [3.05, 3.63) is 41.2 Å². The van der Waals surface area contributed by atoms with Gasteiger partial charge in [0, 0.05) is 5.39 Å². The van der Waals surface area contributed by atoms with E-state index < -0.39 is 5.82 Å². The number of phenols is 1. The van der Waals surface area contributed by atoms with E-state index in [2.05, 4.69) is 5.92 Å². The highest BCUT2D eigenvalue weighted by Crippen LogP contribution is 2.27. The number of hydrogen-bond acceptors (Lipinski definition) is 1. The fourth-order valence-electron chi connectivity index (χ4n) is 1.59. The molecule has 0 saturated carbocycles. The lowest BCUT2D eigenvalue weighted by atomic mass is 10.0. The van der Waals surface area contributed by atoms with E-state index in [9.17, 15) is 9.50 Å². The third-order valence-corrected chi connectivity index (χ3v) is 2.43. The van der Waals surface area contributed by atoms with Crippen LogP contribution in [0.2, 0.25) is 0 Å². The lowest BCUT2D eigenvalue weighted by Crippen LogP contribution is -1.87. The molecule has 0 fully saturated rings. The standard InChI is InChI=1S/C13H9FO.CH4/c1-3-10-11-6-8(2)13(15)7-9(11)4-5-12(10)14;/h1,4-7,15H,2H3;1H4. The van der Waals surface area contributed by atoms with Crippen LogP contribution in [0.3, 0.4) is 0 Å². The largest absolute Gasteiger partial charge is 0.508 e. The van der Waals surface area contributed by atoms with Gasteiger partial charge < -0.3 is 5.11 Å². The van der Waals surface area contributed by atoms with Crippen molar-refractivity contribution >= 4 is 10.8 Å². The Hall–Kier alpha value is -2.01. The highest BCUT2D eigenvalue weighted by molar-refractivity contribution is 5.90. The first kappa shape index (κ1) is 12.1. The van der Waals surface area contributed by atoms with Crippen LogP contribution in [0.25, 0.3) is 10.8 Å². The van der Waals surface area contributed by atoms with Gasteiger partial charge in [-0.15, -0.1) is 6.42 Å². The Labute approximate surface area is 94.5 Å². The number of hydrogen-bond donors (Lipinski definition) is 1. The van der Waals surface area contributed by atoms with Crippen LogP contribution in [0.4, 0.5) is 4.39 Å². The van der Waals surface area contributed by atoms with Crippen molar-refractivity contribution in [2.45, 2.75) is 14.4 Å². The summed E-state index contributed by atoms with van der Waals surface area (Å²) < 4.78 is 13.3. The molecule has 16 heavy (non-hydrogen) atoms. The Bertz CT molecular complexity index is 579. The van der Waals surface area contributed by atoms with Crippen LogP contribution in [0, 0.1) is 25.1 Å². The van der Waals surface area contributed by atoms with E-state index in [1.165, 1.54) is 6.07 Å². The first-order chi connectivity index (χ1) is 7.13. The van der Waals surface area contributed by atoms with Crippen LogP contribution in [0.5, 0.6) is 5.75 Å². The zero-order chi connectivity index (χ0) is 11.0. The molecule has 82 valence electrons. The van der Waals surface area contributed by atoms with Crippen LogP contribution >= 0.6 is 0 Å². The SMILES string of the molecule is C.C#Cc1c(F)ccc2cc(O)c(C)cc12. The quantitative estimate of drug-likeness (QED) is 0.667. The Balaban J connectivity index is 0.00000128. The van der Waals surface area contributed by atoms with Gasteiger partial charge in [0.25, 0.3) is 0 Å². The summed E-state index contributed by atoms with van der Waals surface area (Å²) >= 11 is 0. The molecule has 0 saturated heterocycles. The minimum Gasteiger partial charge on any atom is -0.508 e. The predicted molar refractivity (Wildman–Crippen MR) is 65.0 cm³/mol. The number of halogens is 1. The average molecular weight is 216 g/mol. The molecule has 2 heteroatoms. The summed E-state index contributed by atoms with van der Waals surface area (Å²) in [6.45, 7) is 1.75. The van der Waals surface area contributed by atoms with Crippen molar-refractivity contribution in [1.82, 2.24) is 0 Å². The number of phenolic OH excluding ortho intramolecular Hbond substituents is 1. The van der Waals surface area contributed by atoms with Crippen molar-refractivity contribution < 1.29 is 9.50 Å². The van der Waals surface area contributed by atoms with E-state index in [0.29, 0.717) is 10.9 Å². The summed E-state index contributed by atoms with van der Waals surface area (Å²) in [5.41, 5.74) is 0.931. The summed E-state index contributed by atoms with van der Waals surface area (Å²) in [6.07, 6.45) is 5.25. The zero-order valence-corrected chi connectivity index (χ0v) is 8.21. The van der Waals surface area contributed by atoms with E-state index in [-0.39, 0.29) is 18.7 Å². The molecule has 2 rings (SSSR count). The molecule has 0 aliphatic carbocycles. The second kappa shape index (κ2) is 4.24. The van der Waals surface area contributed by atoms with Gasteiger partial charge in [-0.05, 0) is 36.1 Å². The minimum atomic E-state index is -0.407. The second-order valence-corrected chi connectivity index (χ2v) is 3.43. The van der Waals surface area contributed by atoms with E-state index >= 15 is 0 Å². The summed E-state index contributed by atoms with van der Waals surface area (Å²) in [5, 5.41) is 10.9. The zero-order valence-electron chi connectivity index (χ0n) is 8.21. The van der Waals surface area contributed by atoms with Crippen molar-refractivity contribution in [3.63, 3.8) is 0 Å². The minimum absolute atomic E-state index is 0. The Morgan fingerprint density at radius 2 is 2.00 bits per heavy atom. The van der Waals surface area contributed by atoms with Gasteiger partial charge in [-0.3, -0.25) is 0 Å². The molecule has 1 nitrogen and oxygen atoms in total. The van der Waals surface area contributed by atoms with Crippen LogP contribution in [0.15, 0.2) is 24.3 Å². The van der Waals surface area contributed by atoms with Gasteiger partial charge in [0.1, 0.15) is 11.6 Å². The van der Waals surface area contributed by atoms with Gasteiger partial charge in [-0.25, -0.2) is 4.39 Å². The predicted octanol–water partition coefficient (Wildman–Crippen LogP) is 3.61. The molecule has 0 amide bonds. The van der Waals surface area contributed by atoms with Crippen molar-refractivity contribution in [2.24, 2.45) is 0 Å². The van der Waals surface area contributed by atoms with Gasteiger partial charge in [0.2, 0.25) is 0 Å². The number of rotatable bonds is 0. The molecule has 2 aromatic rings. The lowest BCUT2D eigenvalue weighted by Gasteiger charge is -2.05. The Morgan fingerprint density at radius 1 is 1.31 bits per heavy atom. The maximum absolute atomic E-state index is 13.3. The summed E-state index contributed by atoms with van der Waals surface area (Å²) in [7, 11) is 0. The van der Waals surface area contributed by atoms with Gasteiger partial charge in [0.05, 0.1) is 5.56 Å². The van der Waals surface area contributed by atoms with Crippen LogP contribution < -0.4 is 0 Å². The highest BCUT2D eigenvalue weighted by Gasteiger charge is 2.07. The molecule has 0 unspecified atom stereocenters. The van der Waals surface area contributed by atoms with Gasteiger partial charge in [-0.2, -0.15) is 0 Å². The fraction of sp³-hybridized carbons (Fsp3) is 0.143. The Morgan fingerprint density at radius 3 is 2.62 bits per heavy atom. The van der Waals surface area contributed by atoms with Crippen LogP contribution in [-0.2, 0) is 0 Å². The molecular formula is C14H13FO. The fourth-order valence-corrected chi connectivity index (χ4v) is 1.59. The normalized spacial score (nSPS) is 9.56. The summed E-state index contributed by atoms with van der Waals surface area (Å²) in [5.74, 6) is 2.11. The molecule has 0 bridgehead atoms. The lowest BCUT2D eigenvalue weighted by molar-refractivity contribution is 0.472. The number of terminal acetylenes is 1. The molecule has 1 N–H and O–H groups in total. The monoisotopic (exact) mass is 216 g/mol. The molecule has 0 spiro atoms. The van der Waals surface area contributed by atoms with E-state index in [1.807, 2.05) is 0 Å². The molecule has 0 aliphatic rings. The number of benzene rings is 2. The van der Waals surface area contributed by atoms with Gasteiger partial charge >= 0.3 is 0 Å². The first-order valence-corrected chi connectivity index (χ1v) is 4.52. The third-order valence-electron chi connectivity index (χ3n) is 2.43. The molecule has 2 aromatic carbocycles. The summed E-state index contributed by atoms with van der Waals surface area (Å²) in [4.78, 5) is 0. The number of aromatic hydroxyl groups is 1. The van der Waals surface area contributed by atoms with Crippen molar-refractivity contribution in [1.29, 1.82) is 0 Å². The second-order valence-electron chi connectivity index (χ2n) is 3.43. The molecule has 0 radical (unpaired) electrons. The third kappa shape index (κ3) is 1.72.